The number of hydrogen-bond donors (Lipinski definition) is 0. The predicted octanol–water partition coefficient (Wildman–Crippen LogP) is 0.442. The first-order valence-corrected chi connectivity index (χ1v) is 2.54. The molecule has 6 heavy (non-hydrogen) atoms. The van der Waals surface area contributed by atoms with Crippen LogP contribution in [0, 0.1) is 0 Å². The zero-order chi connectivity index (χ0) is 3.98. The largest absolute Gasteiger partial charge is 0.224 e. The molecule has 0 spiro atoms. The molecule has 0 aromatic carbocycles. The van der Waals surface area contributed by atoms with Crippen molar-refractivity contribution in [3.63, 3.8) is 0 Å². The molecule has 2 aliphatic rings. The number of nitrogens with zero attached hydrogens (tertiary/aromatic N) is 2. The molecule has 0 unspecified atom stereocenters. The van der Waals surface area contributed by atoms with Gasteiger partial charge in [0.1, 0.15) is 10.8 Å². The Labute approximate surface area is 39.0 Å². The summed E-state index contributed by atoms with van der Waals surface area (Å²) in [5, 5.41) is 1.19. The van der Waals surface area contributed by atoms with Crippen LogP contribution in [0.5, 0.6) is 0 Å². The lowest BCUT2D eigenvalue weighted by Gasteiger charge is -1.92. The van der Waals surface area contributed by atoms with Crippen LogP contribution < -0.4 is 0 Å². The van der Waals surface area contributed by atoms with Gasteiger partial charge < -0.3 is 0 Å². The van der Waals surface area contributed by atoms with Crippen molar-refractivity contribution in [1.82, 2.24) is 9.36 Å². The molecule has 0 fully saturated rings. The van der Waals surface area contributed by atoms with Gasteiger partial charge in [0.2, 0.25) is 0 Å². The topological polar surface area (TPSA) is 25.8 Å². The fourth-order valence-electron chi connectivity index (χ4n) is 0.478. The van der Waals surface area contributed by atoms with Crippen molar-refractivity contribution in [2.75, 3.05) is 0 Å². The van der Waals surface area contributed by atoms with E-state index in [9.17, 15) is 0 Å². The predicted molar refractivity (Wildman–Crippen MR) is 22.7 cm³/mol. The molecule has 30 valence electrons. The second-order valence-electron chi connectivity index (χ2n) is 1.28. The fourth-order valence-corrected chi connectivity index (χ4v) is 1.13. The second kappa shape index (κ2) is 0.632. The van der Waals surface area contributed by atoms with E-state index >= 15 is 0 Å². The Morgan fingerprint density at radius 3 is 2.67 bits per heavy atom. The maximum atomic E-state index is 3.96. The summed E-state index contributed by atoms with van der Waals surface area (Å²) in [6, 6.07) is 0. The van der Waals surface area contributed by atoms with E-state index in [0.717, 1.165) is 12.2 Å². The lowest BCUT2D eigenvalue weighted by molar-refractivity contribution is 0.915. The Hall–Kier alpha value is -0.440. The summed E-state index contributed by atoms with van der Waals surface area (Å²) in [6.07, 6.45) is 1.05. The molecule has 0 N–H and O–H groups in total. The number of hydrogen-bond acceptors (Lipinski definition) is 3. The molecular formula is C3H2N2S. The summed E-state index contributed by atoms with van der Waals surface area (Å²) in [4.78, 5) is 3.96. The van der Waals surface area contributed by atoms with Crippen LogP contribution in [0.15, 0.2) is 0 Å². The van der Waals surface area contributed by atoms with Crippen LogP contribution in [0.4, 0.5) is 0 Å². The maximum Gasteiger partial charge on any atom is 0.149 e. The van der Waals surface area contributed by atoms with E-state index < -0.39 is 0 Å². The smallest absolute Gasteiger partial charge is 0.149 e. The molecule has 3 rings (SSSR count). The molecule has 1 aromatic heterocycles. The third-order valence-electron chi connectivity index (χ3n) is 0.819. The Balaban J connectivity index is 2.95. The highest BCUT2D eigenvalue weighted by molar-refractivity contribution is 7.06. The lowest BCUT2D eigenvalue weighted by atomic mass is 10.3. The Bertz CT molecular complexity index is 145. The molecule has 2 bridgehead atoms. The van der Waals surface area contributed by atoms with E-state index in [2.05, 4.69) is 9.36 Å². The first-order chi connectivity index (χ1) is 2.95. The first-order valence-electron chi connectivity index (χ1n) is 1.76. The van der Waals surface area contributed by atoms with E-state index in [1.807, 2.05) is 0 Å². The summed E-state index contributed by atoms with van der Waals surface area (Å²) in [6.45, 7) is 0. The highest BCUT2D eigenvalue weighted by Crippen LogP contribution is 2.17. The van der Waals surface area contributed by atoms with Gasteiger partial charge in [-0.3, -0.25) is 0 Å². The molecule has 0 radical (unpaired) electrons. The Kier molecular flexibility index (Phi) is 0.283. The van der Waals surface area contributed by atoms with Gasteiger partial charge in [0.05, 0.1) is 6.42 Å². The van der Waals surface area contributed by atoms with Crippen LogP contribution >= 0.6 is 11.5 Å². The molecule has 3 heterocycles. The molecular weight excluding hydrogens is 96.1 g/mol. The minimum Gasteiger partial charge on any atom is -0.224 e. The Morgan fingerprint density at radius 2 is 2.50 bits per heavy atom. The van der Waals surface area contributed by atoms with Crippen molar-refractivity contribution >= 4 is 11.5 Å². The van der Waals surface area contributed by atoms with Gasteiger partial charge in [-0.05, 0) is 11.5 Å². The van der Waals surface area contributed by atoms with Crippen molar-refractivity contribution in [3.05, 3.63) is 10.8 Å². The third kappa shape index (κ3) is 0.148. The van der Waals surface area contributed by atoms with Crippen molar-refractivity contribution in [3.8, 4) is 0 Å². The van der Waals surface area contributed by atoms with E-state index in [0.29, 0.717) is 0 Å². The van der Waals surface area contributed by atoms with Gasteiger partial charge in [0, 0.05) is 0 Å². The summed E-state index contributed by atoms with van der Waals surface area (Å²) in [7, 11) is 0. The summed E-state index contributed by atoms with van der Waals surface area (Å²) >= 11 is 1.51. The number of fused-ring (bicyclic) bond motifs is 1. The van der Waals surface area contributed by atoms with Gasteiger partial charge in [-0.15, -0.1) is 0 Å². The normalized spacial score (nSPS) is 14.0. The van der Waals surface area contributed by atoms with E-state index in [4.69, 9.17) is 0 Å². The standard InChI is InChI=1S/C3H2N2S/c1-2-4-3(1)6-5-2/h1H2. The van der Waals surface area contributed by atoms with Crippen LogP contribution in [-0.4, -0.2) is 9.36 Å². The van der Waals surface area contributed by atoms with Crippen molar-refractivity contribution < 1.29 is 0 Å². The zero-order valence-electron chi connectivity index (χ0n) is 3.01. The van der Waals surface area contributed by atoms with Gasteiger partial charge in [-0.25, -0.2) is 4.98 Å². The van der Waals surface area contributed by atoms with E-state index in [-0.39, 0.29) is 0 Å². The summed E-state index contributed by atoms with van der Waals surface area (Å²) < 4.78 is 3.94. The minimum atomic E-state index is 1.02. The van der Waals surface area contributed by atoms with Gasteiger partial charge in [0.25, 0.3) is 0 Å². The molecule has 2 aliphatic heterocycles. The molecule has 0 saturated heterocycles. The molecule has 3 heteroatoms. The Morgan fingerprint density at radius 1 is 1.67 bits per heavy atom. The molecule has 1 aromatic rings. The molecule has 0 amide bonds. The lowest BCUT2D eigenvalue weighted by Crippen LogP contribution is -1.97. The zero-order valence-corrected chi connectivity index (χ0v) is 3.83. The van der Waals surface area contributed by atoms with Crippen LogP contribution in [0.2, 0.25) is 0 Å². The highest BCUT2D eigenvalue weighted by Gasteiger charge is 2.14. The average molecular weight is 98.1 g/mol. The molecule has 0 saturated carbocycles. The van der Waals surface area contributed by atoms with Crippen molar-refractivity contribution in [1.29, 1.82) is 0 Å². The minimum absolute atomic E-state index is 1.02. The number of rotatable bonds is 0. The molecule has 0 atom stereocenters. The highest BCUT2D eigenvalue weighted by atomic mass is 32.1. The van der Waals surface area contributed by atoms with Gasteiger partial charge in [-0.2, -0.15) is 4.37 Å². The van der Waals surface area contributed by atoms with Gasteiger partial charge in [0.15, 0.2) is 0 Å². The van der Waals surface area contributed by atoms with Crippen LogP contribution in [-0.2, 0) is 6.42 Å². The van der Waals surface area contributed by atoms with Crippen molar-refractivity contribution in [2.45, 2.75) is 6.42 Å². The van der Waals surface area contributed by atoms with E-state index in [1.165, 1.54) is 16.5 Å². The van der Waals surface area contributed by atoms with Crippen LogP contribution in [0.1, 0.15) is 10.8 Å². The molecule has 2 nitrogen and oxygen atoms in total. The van der Waals surface area contributed by atoms with Crippen LogP contribution in [0.25, 0.3) is 0 Å². The first kappa shape index (κ1) is 2.69. The fraction of sp³-hybridized carbons (Fsp3) is 0.333. The van der Waals surface area contributed by atoms with Gasteiger partial charge >= 0.3 is 0 Å². The third-order valence-corrected chi connectivity index (χ3v) is 1.57. The maximum absolute atomic E-state index is 3.96. The number of aromatic nitrogens is 2. The molecule has 0 aliphatic carbocycles. The monoisotopic (exact) mass is 98.0 g/mol. The van der Waals surface area contributed by atoms with Crippen molar-refractivity contribution in [2.24, 2.45) is 0 Å². The SMILES string of the molecule is C1c2nsc1n2. The quantitative estimate of drug-likeness (QED) is 0.478. The second-order valence-corrected chi connectivity index (χ2v) is 2.12. The van der Waals surface area contributed by atoms with Crippen LogP contribution in [0.3, 0.4) is 0 Å². The van der Waals surface area contributed by atoms with E-state index in [1.54, 1.807) is 0 Å². The average Bonchev–Trinajstić information content (AvgIpc) is 1.72. The summed E-state index contributed by atoms with van der Waals surface area (Å²) in [5.74, 6) is 1.02. The summed E-state index contributed by atoms with van der Waals surface area (Å²) in [5.41, 5.74) is 0. The van der Waals surface area contributed by atoms with Gasteiger partial charge in [-0.1, -0.05) is 0 Å².